The Morgan fingerprint density at radius 3 is 2.48 bits per heavy atom. The topological polar surface area (TPSA) is 21.3 Å². The molecule has 3 rings (SSSR count). The van der Waals surface area contributed by atoms with Gasteiger partial charge in [0.2, 0.25) is 0 Å². The molecule has 1 aliphatic carbocycles. The predicted octanol–water partition coefficient (Wildman–Crippen LogP) is 4.53. The molecule has 0 aromatic heterocycles. The van der Waals surface area contributed by atoms with Crippen LogP contribution in [0.4, 0.5) is 0 Å². The van der Waals surface area contributed by atoms with Crippen molar-refractivity contribution in [1.29, 1.82) is 0 Å². The maximum Gasteiger partial charge on any atom is 0.120 e. The van der Waals surface area contributed by atoms with Crippen molar-refractivity contribution >= 4 is 10.8 Å². The van der Waals surface area contributed by atoms with Gasteiger partial charge in [0.15, 0.2) is 0 Å². The molecule has 0 bridgehead atoms. The Labute approximate surface area is 127 Å². The van der Waals surface area contributed by atoms with E-state index in [1.54, 1.807) is 0 Å². The Morgan fingerprint density at radius 2 is 1.67 bits per heavy atom. The van der Waals surface area contributed by atoms with Crippen molar-refractivity contribution in [2.75, 3.05) is 13.2 Å². The molecule has 0 atom stereocenters. The van der Waals surface area contributed by atoms with Gasteiger partial charge in [-0.25, -0.2) is 0 Å². The van der Waals surface area contributed by atoms with Crippen LogP contribution in [0.15, 0.2) is 42.5 Å². The molecule has 1 saturated carbocycles. The third-order valence-electron chi connectivity index (χ3n) is 4.38. The van der Waals surface area contributed by atoms with Crippen LogP contribution in [-0.2, 0) is 0 Å². The van der Waals surface area contributed by atoms with Gasteiger partial charge in [-0.3, -0.25) is 0 Å². The van der Waals surface area contributed by atoms with Gasteiger partial charge < -0.3 is 10.1 Å². The molecule has 2 heteroatoms. The molecule has 21 heavy (non-hydrogen) atoms. The second kappa shape index (κ2) is 7.46. The summed E-state index contributed by atoms with van der Waals surface area (Å²) in [5.41, 5.74) is 0. The second-order valence-electron chi connectivity index (χ2n) is 6.00. The number of nitrogens with one attached hydrogen (secondary N) is 1. The molecule has 112 valence electrons. The van der Waals surface area contributed by atoms with Crippen LogP contribution in [-0.4, -0.2) is 19.2 Å². The van der Waals surface area contributed by atoms with E-state index in [-0.39, 0.29) is 0 Å². The van der Waals surface area contributed by atoms with Crippen molar-refractivity contribution in [3.63, 3.8) is 0 Å². The van der Waals surface area contributed by atoms with E-state index in [1.165, 1.54) is 49.3 Å². The standard InChI is InChI=1S/C19H25NO/c1-2-4-10-18(9-3-1)20-13-14-21-19-12-11-16-7-5-6-8-17(16)15-19/h5-8,11-12,15,18,20H,1-4,9-10,13-14H2. The second-order valence-corrected chi connectivity index (χ2v) is 6.00. The average Bonchev–Trinajstić information content (AvgIpc) is 2.80. The van der Waals surface area contributed by atoms with E-state index in [1.807, 2.05) is 0 Å². The fourth-order valence-electron chi connectivity index (χ4n) is 3.17. The zero-order valence-electron chi connectivity index (χ0n) is 12.7. The summed E-state index contributed by atoms with van der Waals surface area (Å²) in [7, 11) is 0. The van der Waals surface area contributed by atoms with Crippen molar-refractivity contribution in [2.24, 2.45) is 0 Å². The van der Waals surface area contributed by atoms with Crippen LogP contribution in [0, 0.1) is 0 Å². The molecule has 0 heterocycles. The first-order valence-electron chi connectivity index (χ1n) is 8.27. The Hall–Kier alpha value is -1.54. The highest BCUT2D eigenvalue weighted by Gasteiger charge is 2.10. The monoisotopic (exact) mass is 283 g/mol. The first-order valence-corrected chi connectivity index (χ1v) is 8.27. The summed E-state index contributed by atoms with van der Waals surface area (Å²) >= 11 is 0. The number of ether oxygens (including phenoxy) is 1. The van der Waals surface area contributed by atoms with Crippen LogP contribution in [0.3, 0.4) is 0 Å². The van der Waals surface area contributed by atoms with Crippen LogP contribution < -0.4 is 10.1 Å². The summed E-state index contributed by atoms with van der Waals surface area (Å²) in [5.74, 6) is 0.969. The Kier molecular flexibility index (Phi) is 5.12. The largest absolute Gasteiger partial charge is 0.492 e. The molecule has 2 aromatic carbocycles. The first kappa shape index (κ1) is 14.4. The van der Waals surface area contributed by atoms with Gasteiger partial charge in [0, 0.05) is 12.6 Å². The molecule has 0 spiro atoms. The van der Waals surface area contributed by atoms with E-state index in [4.69, 9.17) is 4.74 Å². The zero-order chi connectivity index (χ0) is 14.3. The van der Waals surface area contributed by atoms with Crippen LogP contribution >= 0.6 is 0 Å². The highest BCUT2D eigenvalue weighted by molar-refractivity contribution is 5.83. The van der Waals surface area contributed by atoms with Crippen molar-refractivity contribution in [3.05, 3.63) is 42.5 Å². The van der Waals surface area contributed by atoms with E-state index in [9.17, 15) is 0 Å². The highest BCUT2D eigenvalue weighted by Crippen LogP contribution is 2.20. The van der Waals surface area contributed by atoms with Crippen molar-refractivity contribution < 1.29 is 4.74 Å². The quantitative estimate of drug-likeness (QED) is 0.643. The molecule has 0 aliphatic heterocycles. The van der Waals surface area contributed by atoms with Crippen LogP contribution in [0.25, 0.3) is 10.8 Å². The Morgan fingerprint density at radius 1 is 0.905 bits per heavy atom. The summed E-state index contributed by atoms with van der Waals surface area (Å²) in [6.07, 6.45) is 8.23. The summed E-state index contributed by atoms with van der Waals surface area (Å²) in [6.45, 7) is 1.69. The minimum atomic E-state index is 0.702. The van der Waals surface area contributed by atoms with E-state index < -0.39 is 0 Å². The van der Waals surface area contributed by atoms with E-state index in [0.717, 1.165) is 18.9 Å². The SMILES string of the molecule is c1ccc2cc(OCCNC3CCCCCC3)ccc2c1. The van der Waals surface area contributed by atoms with Crippen molar-refractivity contribution in [1.82, 2.24) is 5.32 Å². The van der Waals surface area contributed by atoms with Crippen LogP contribution in [0.2, 0.25) is 0 Å². The third kappa shape index (κ3) is 4.21. The van der Waals surface area contributed by atoms with Gasteiger partial charge in [0.1, 0.15) is 12.4 Å². The van der Waals surface area contributed by atoms with Gasteiger partial charge in [-0.2, -0.15) is 0 Å². The van der Waals surface area contributed by atoms with E-state index in [0.29, 0.717) is 6.04 Å². The molecule has 2 aromatic rings. The molecule has 0 radical (unpaired) electrons. The van der Waals surface area contributed by atoms with Crippen molar-refractivity contribution in [3.8, 4) is 5.75 Å². The lowest BCUT2D eigenvalue weighted by molar-refractivity contribution is 0.300. The van der Waals surface area contributed by atoms with Crippen LogP contribution in [0.1, 0.15) is 38.5 Å². The normalized spacial score (nSPS) is 16.8. The lowest BCUT2D eigenvalue weighted by Gasteiger charge is -2.16. The Balaban J connectivity index is 1.45. The summed E-state index contributed by atoms with van der Waals surface area (Å²) in [6, 6.07) is 15.4. The maximum atomic E-state index is 5.87. The molecule has 2 nitrogen and oxygen atoms in total. The minimum Gasteiger partial charge on any atom is -0.492 e. The number of hydrogen-bond acceptors (Lipinski definition) is 2. The summed E-state index contributed by atoms with van der Waals surface area (Å²) in [4.78, 5) is 0. The smallest absolute Gasteiger partial charge is 0.120 e. The van der Waals surface area contributed by atoms with Gasteiger partial charge in [-0.05, 0) is 35.7 Å². The molecular weight excluding hydrogens is 258 g/mol. The van der Waals surface area contributed by atoms with Gasteiger partial charge in [-0.1, -0.05) is 56.0 Å². The average molecular weight is 283 g/mol. The summed E-state index contributed by atoms with van der Waals surface area (Å²) in [5, 5.41) is 6.15. The van der Waals surface area contributed by atoms with Crippen molar-refractivity contribution in [2.45, 2.75) is 44.6 Å². The van der Waals surface area contributed by atoms with Gasteiger partial charge in [0.25, 0.3) is 0 Å². The minimum absolute atomic E-state index is 0.702. The lowest BCUT2D eigenvalue weighted by atomic mass is 10.1. The molecular formula is C19H25NO. The van der Waals surface area contributed by atoms with Gasteiger partial charge in [-0.15, -0.1) is 0 Å². The summed E-state index contributed by atoms with van der Waals surface area (Å²) < 4.78 is 5.87. The fraction of sp³-hybridized carbons (Fsp3) is 0.474. The lowest BCUT2D eigenvalue weighted by Crippen LogP contribution is -2.32. The molecule has 0 unspecified atom stereocenters. The number of fused-ring (bicyclic) bond motifs is 1. The van der Waals surface area contributed by atoms with Gasteiger partial charge in [0.05, 0.1) is 0 Å². The first-order chi connectivity index (χ1) is 10.4. The van der Waals surface area contributed by atoms with E-state index in [2.05, 4.69) is 47.8 Å². The van der Waals surface area contributed by atoms with Crippen LogP contribution in [0.5, 0.6) is 5.75 Å². The number of rotatable bonds is 5. The maximum absolute atomic E-state index is 5.87. The van der Waals surface area contributed by atoms with Gasteiger partial charge >= 0.3 is 0 Å². The zero-order valence-corrected chi connectivity index (χ0v) is 12.7. The predicted molar refractivity (Wildman–Crippen MR) is 88.9 cm³/mol. The molecule has 1 N–H and O–H groups in total. The number of benzene rings is 2. The number of hydrogen-bond donors (Lipinski definition) is 1. The third-order valence-corrected chi connectivity index (χ3v) is 4.38. The molecule has 0 amide bonds. The molecule has 0 saturated heterocycles. The highest BCUT2D eigenvalue weighted by atomic mass is 16.5. The Bertz CT molecular complexity index is 558. The van der Waals surface area contributed by atoms with E-state index >= 15 is 0 Å². The molecule has 1 aliphatic rings. The molecule has 1 fully saturated rings. The fourth-order valence-corrected chi connectivity index (χ4v) is 3.17.